The molecule has 0 radical (unpaired) electrons. The molecule has 100 valence electrons. The minimum Gasteiger partial charge on any atom is -0.495 e. The van der Waals surface area contributed by atoms with Crippen LogP contribution in [0.25, 0.3) is 0 Å². The van der Waals surface area contributed by atoms with Crippen molar-refractivity contribution in [1.29, 1.82) is 0 Å². The largest absolute Gasteiger partial charge is 0.495 e. The van der Waals surface area contributed by atoms with Crippen molar-refractivity contribution in [3.05, 3.63) is 59.9 Å². The van der Waals surface area contributed by atoms with Gasteiger partial charge in [-0.1, -0.05) is 24.3 Å². The van der Waals surface area contributed by atoms with Crippen LogP contribution in [-0.4, -0.2) is 13.7 Å². The van der Waals surface area contributed by atoms with Gasteiger partial charge in [-0.05, 0) is 29.8 Å². The standard InChI is InChI=1S/C15H17FN2O/c1-19-15-8-3-2-7-13(15)18-14(10-17)11-5-4-6-12(16)9-11/h2-9,14,18H,10,17H2,1H3. The number of ether oxygens (including phenoxy) is 1. The second kappa shape index (κ2) is 6.20. The summed E-state index contributed by atoms with van der Waals surface area (Å²) >= 11 is 0. The molecule has 1 atom stereocenters. The number of rotatable bonds is 5. The monoisotopic (exact) mass is 260 g/mol. The molecule has 0 aliphatic heterocycles. The molecule has 2 rings (SSSR count). The topological polar surface area (TPSA) is 47.3 Å². The lowest BCUT2D eigenvalue weighted by atomic mass is 10.1. The molecule has 0 aliphatic carbocycles. The fourth-order valence-corrected chi connectivity index (χ4v) is 1.95. The number of benzene rings is 2. The van der Waals surface area contributed by atoms with Crippen molar-refractivity contribution in [2.45, 2.75) is 6.04 Å². The van der Waals surface area contributed by atoms with E-state index in [0.29, 0.717) is 6.54 Å². The summed E-state index contributed by atoms with van der Waals surface area (Å²) in [4.78, 5) is 0. The van der Waals surface area contributed by atoms with Gasteiger partial charge in [-0.3, -0.25) is 0 Å². The molecule has 0 bridgehead atoms. The predicted octanol–water partition coefficient (Wildman–Crippen LogP) is 2.95. The number of nitrogens with one attached hydrogen (secondary N) is 1. The van der Waals surface area contributed by atoms with Gasteiger partial charge in [-0.25, -0.2) is 4.39 Å². The molecule has 2 aromatic carbocycles. The van der Waals surface area contributed by atoms with Crippen LogP contribution in [0.4, 0.5) is 10.1 Å². The second-order valence-corrected chi connectivity index (χ2v) is 4.19. The summed E-state index contributed by atoms with van der Waals surface area (Å²) in [7, 11) is 1.61. The number of nitrogens with two attached hydrogens (primary N) is 1. The minimum atomic E-state index is -0.266. The highest BCUT2D eigenvalue weighted by atomic mass is 19.1. The Balaban J connectivity index is 2.24. The van der Waals surface area contributed by atoms with Crippen LogP contribution in [0.2, 0.25) is 0 Å². The fourth-order valence-electron chi connectivity index (χ4n) is 1.95. The summed E-state index contributed by atoms with van der Waals surface area (Å²) in [6, 6.07) is 13.8. The van der Waals surface area contributed by atoms with Gasteiger partial charge in [-0.2, -0.15) is 0 Å². The number of anilines is 1. The number of methoxy groups -OCH3 is 1. The Morgan fingerprint density at radius 2 is 2.00 bits per heavy atom. The van der Waals surface area contributed by atoms with Crippen molar-refractivity contribution in [2.75, 3.05) is 19.0 Å². The van der Waals surface area contributed by atoms with Crippen LogP contribution in [0.5, 0.6) is 5.75 Å². The van der Waals surface area contributed by atoms with Gasteiger partial charge in [0, 0.05) is 6.54 Å². The van der Waals surface area contributed by atoms with Gasteiger partial charge in [0.25, 0.3) is 0 Å². The number of hydrogen-bond donors (Lipinski definition) is 2. The van der Waals surface area contributed by atoms with Crippen LogP contribution in [0.3, 0.4) is 0 Å². The van der Waals surface area contributed by atoms with Gasteiger partial charge < -0.3 is 15.8 Å². The third-order valence-corrected chi connectivity index (χ3v) is 2.92. The maximum Gasteiger partial charge on any atom is 0.141 e. The van der Waals surface area contributed by atoms with Gasteiger partial charge in [0.15, 0.2) is 0 Å². The van der Waals surface area contributed by atoms with E-state index in [4.69, 9.17) is 10.5 Å². The first-order chi connectivity index (χ1) is 9.24. The van der Waals surface area contributed by atoms with Gasteiger partial charge in [0.05, 0.1) is 18.8 Å². The molecule has 3 N–H and O–H groups in total. The summed E-state index contributed by atoms with van der Waals surface area (Å²) in [6.45, 7) is 0.363. The number of para-hydroxylation sites is 2. The fraction of sp³-hybridized carbons (Fsp3) is 0.200. The van der Waals surface area contributed by atoms with Crippen molar-refractivity contribution in [1.82, 2.24) is 0 Å². The van der Waals surface area contributed by atoms with Crippen molar-refractivity contribution in [2.24, 2.45) is 5.73 Å². The van der Waals surface area contributed by atoms with E-state index in [9.17, 15) is 4.39 Å². The Morgan fingerprint density at radius 1 is 1.21 bits per heavy atom. The third-order valence-electron chi connectivity index (χ3n) is 2.92. The Hall–Kier alpha value is -2.07. The summed E-state index contributed by atoms with van der Waals surface area (Å²) in [5.41, 5.74) is 7.42. The number of halogens is 1. The lowest BCUT2D eigenvalue weighted by Gasteiger charge is -2.20. The quantitative estimate of drug-likeness (QED) is 0.869. The van der Waals surface area contributed by atoms with E-state index in [-0.39, 0.29) is 11.9 Å². The zero-order valence-electron chi connectivity index (χ0n) is 10.8. The Morgan fingerprint density at radius 3 is 2.68 bits per heavy atom. The Labute approximate surface area is 112 Å². The molecule has 0 saturated carbocycles. The molecule has 4 heteroatoms. The van der Waals surface area contributed by atoms with E-state index in [1.807, 2.05) is 30.3 Å². The van der Waals surface area contributed by atoms with Gasteiger partial charge in [0.1, 0.15) is 11.6 Å². The average molecular weight is 260 g/mol. The van der Waals surface area contributed by atoms with E-state index in [1.54, 1.807) is 13.2 Å². The van der Waals surface area contributed by atoms with Crippen LogP contribution in [0.1, 0.15) is 11.6 Å². The summed E-state index contributed by atoms with van der Waals surface area (Å²) in [5.74, 6) is 0.468. The zero-order valence-corrected chi connectivity index (χ0v) is 10.8. The SMILES string of the molecule is COc1ccccc1NC(CN)c1cccc(F)c1. The molecule has 0 aliphatic rings. The van der Waals surface area contributed by atoms with E-state index < -0.39 is 0 Å². The van der Waals surface area contributed by atoms with Gasteiger partial charge >= 0.3 is 0 Å². The highest BCUT2D eigenvalue weighted by Crippen LogP contribution is 2.27. The molecule has 3 nitrogen and oxygen atoms in total. The van der Waals surface area contributed by atoms with Crippen molar-refractivity contribution >= 4 is 5.69 Å². The first-order valence-corrected chi connectivity index (χ1v) is 6.09. The maximum atomic E-state index is 13.3. The van der Waals surface area contributed by atoms with Crippen LogP contribution >= 0.6 is 0 Å². The van der Waals surface area contributed by atoms with Crippen LogP contribution in [-0.2, 0) is 0 Å². The van der Waals surface area contributed by atoms with Crippen LogP contribution in [0.15, 0.2) is 48.5 Å². The highest BCUT2D eigenvalue weighted by molar-refractivity contribution is 5.57. The van der Waals surface area contributed by atoms with E-state index >= 15 is 0 Å². The molecule has 1 unspecified atom stereocenters. The molecule has 0 saturated heterocycles. The minimum absolute atomic E-state index is 0.160. The maximum absolute atomic E-state index is 13.3. The Kier molecular flexibility index (Phi) is 4.36. The van der Waals surface area contributed by atoms with Gasteiger partial charge in [0.2, 0.25) is 0 Å². The molecule has 2 aromatic rings. The van der Waals surface area contributed by atoms with E-state index in [0.717, 1.165) is 17.0 Å². The first-order valence-electron chi connectivity index (χ1n) is 6.09. The number of hydrogen-bond acceptors (Lipinski definition) is 3. The van der Waals surface area contributed by atoms with Crippen molar-refractivity contribution in [3.63, 3.8) is 0 Å². The second-order valence-electron chi connectivity index (χ2n) is 4.19. The predicted molar refractivity (Wildman–Crippen MR) is 74.8 cm³/mol. The molecule has 0 aromatic heterocycles. The summed E-state index contributed by atoms with van der Waals surface area (Å²) < 4.78 is 18.5. The van der Waals surface area contributed by atoms with E-state index in [2.05, 4.69) is 5.32 Å². The summed E-state index contributed by atoms with van der Waals surface area (Å²) in [5, 5.41) is 3.28. The normalized spacial score (nSPS) is 11.9. The van der Waals surface area contributed by atoms with Gasteiger partial charge in [-0.15, -0.1) is 0 Å². The highest BCUT2D eigenvalue weighted by Gasteiger charge is 2.12. The smallest absolute Gasteiger partial charge is 0.141 e. The Bertz CT molecular complexity index is 545. The average Bonchev–Trinajstić information content (AvgIpc) is 2.45. The first kappa shape index (κ1) is 13.4. The molecule has 0 amide bonds. The molecular formula is C15H17FN2O. The zero-order chi connectivity index (χ0) is 13.7. The molecule has 0 fully saturated rings. The molecule has 0 spiro atoms. The molecular weight excluding hydrogens is 243 g/mol. The van der Waals surface area contributed by atoms with E-state index in [1.165, 1.54) is 12.1 Å². The summed E-state index contributed by atoms with van der Waals surface area (Å²) in [6.07, 6.45) is 0. The van der Waals surface area contributed by atoms with Crippen LogP contribution in [0, 0.1) is 5.82 Å². The lowest BCUT2D eigenvalue weighted by molar-refractivity contribution is 0.416. The third kappa shape index (κ3) is 3.23. The van der Waals surface area contributed by atoms with Crippen molar-refractivity contribution in [3.8, 4) is 5.75 Å². The molecule has 19 heavy (non-hydrogen) atoms. The lowest BCUT2D eigenvalue weighted by Crippen LogP contribution is -2.21. The van der Waals surface area contributed by atoms with Crippen LogP contribution < -0.4 is 15.8 Å². The molecule has 0 heterocycles. The van der Waals surface area contributed by atoms with Crippen molar-refractivity contribution < 1.29 is 9.13 Å².